The normalized spacial score (nSPS) is 11.1. The third-order valence-electron chi connectivity index (χ3n) is 5.14. The molecule has 0 aliphatic heterocycles. The third-order valence-corrected chi connectivity index (χ3v) is 5.14. The Labute approximate surface area is 198 Å². The fourth-order valence-corrected chi connectivity index (χ4v) is 3.41. The summed E-state index contributed by atoms with van der Waals surface area (Å²) in [5, 5.41) is 9.30. The fourth-order valence-electron chi connectivity index (χ4n) is 3.41. The van der Waals surface area contributed by atoms with Crippen LogP contribution in [-0.2, 0) is 6.18 Å². The smallest absolute Gasteiger partial charge is 0.416 e. The van der Waals surface area contributed by atoms with Crippen LogP contribution in [0.4, 0.5) is 40.7 Å². The Morgan fingerprint density at radius 3 is 1.91 bits per heavy atom. The average molecular weight is 482 g/mol. The molecule has 1 aromatic heterocycles. The number of nitrogens with zero attached hydrogens (tertiary/aromatic N) is 1. The molecule has 1 heterocycles. The molecular formula is C25H21F3N4O3. The second-order valence-electron chi connectivity index (χ2n) is 7.44. The highest BCUT2D eigenvalue weighted by atomic mass is 19.4. The number of ether oxygens (including phenoxy) is 2. The van der Waals surface area contributed by atoms with Crippen LogP contribution in [0.25, 0.3) is 10.9 Å². The van der Waals surface area contributed by atoms with Crippen molar-refractivity contribution >= 4 is 39.7 Å². The van der Waals surface area contributed by atoms with E-state index in [1.807, 2.05) is 12.1 Å². The molecule has 4 rings (SSSR count). The standard InChI is InChI=1S/C25H21F3N4O3/c1-34-22-13-19-20(11-12-29-21(19)14-23(22)35-2)30-16-7-9-18(10-8-16)32-24(33)31-17-5-3-15(4-6-17)25(26,27)28/h3-14H,1-2H3,(H,29,30)(H2,31,32,33). The van der Waals surface area contributed by atoms with Gasteiger partial charge in [-0.25, -0.2) is 4.79 Å². The van der Waals surface area contributed by atoms with Crippen LogP contribution in [0.2, 0.25) is 0 Å². The number of aromatic nitrogens is 1. The average Bonchev–Trinajstić information content (AvgIpc) is 2.84. The number of nitrogens with one attached hydrogen (secondary N) is 3. The van der Waals surface area contributed by atoms with Gasteiger partial charge in [-0.05, 0) is 60.7 Å². The molecule has 7 nitrogen and oxygen atoms in total. The maximum absolute atomic E-state index is 12.7. The second kappa shape index (κ2) is 9.80. The van der Waals surface area contributed by atoms with Crippen LogP contribution in [0.15, 0.2) is 72.9 Å². The summed E-state index contributed by atoms with van der Waals surface area (Å²) in [5.41, 5.74) is 2.26. The van der Waals surface area contributed by atoms with E-state index in [1.54, 1.807) is 50.7 Å². The van der Waals surface area contributed by atoms with Gasteiger partial charge in [-0.1, -0.05) is 0 Å². The van der Waals surface area contributed by atoms with Crippen molar-refractivity contribution in [2.75, 3.05) is 30.2 Å². The second-order valence-corrected chi connectivity index (χ2v) is 7.44. The number of anilines is 4. The molecule has 0 bridgehead atoms. The molecule has 0 radical (unpaired) electrons. The summed E-state index contributed by atoms with van der Waals surface area (Å²) in [6.45, 7) is 0. The summed E-state index contributed by atoms with van der Waals surface area (Å²) in [4.78, 5) is 16.6. The number of hydrogen-bond acceptors (Lipinski definition) is 5. The van der Waals surface area contributed by atoms with E-state index in [-0.39, 0.29) is 5.69 Å². The van der Waals surface area contributed by atoms with E-state index in [4.69, 9.17) is 9.47 Å². The van der Waals surface area contributed by atoms with E-state index in [0.29, 0.717) is 17.2 Å². The highest BCUT2D eigenvalue weighted by molar-refractivity contribution is 6.00. The van der Waals surface area contributed by atoms with Crippen molar-refractivity contribution in [3.05, 3.63) is 78.5 Å². The number of amides is 2. The Morgan fingerprint density at radius 1 is 0.800 bits per heavy atom. The number of methoxy groups -OCH3 is 2. The van der Waals surface area contributed by atoms with Gasteiger partial charge in [-0.2, -0.15) is 13.2 Å². The zero-order valence-corrected chi connectivity index (χ0v) is 18.7. The van der Waals surface area contributed by atoms with Crippen LogP contribution < -0.4 is 25.4 Å². The number of halogens is 3. The van der Waals surface area contributed by atoms with Gasteiger partial charge in [0.1, 0.15) is 0 Å². The van der Waals surface area contributed by atoms with Crippen LogP contribution in [-0.4, -0.2) is 25.2 Å². The number of hydrogen-bond donors (Lipinski definition) is 3. The number of rotatable bonds is 6. The number of urea groups is 1. The largest absolute Gasteiger partial charge is 0.493 e. The summed E-state index contributed by atoms with van der Waals surface area (Å²) in [6.07, 6.45) is -2.75. The van der Waals surface area contributed by atoms with Crippen molar-refractivity contribution in [1.82, 2.24) is 4.98 Å². The predicted octanol–water partition coefficient (Wildman–Crippen LogP) is 6.66. The van der Waals surface area contributed by atoms with Gasteiger partial charge in [0.05, 0.1) is 25.3 Å². The molecule has 35 heavy (non-hydrogen) atoms. The lowest BCUT2D eigenvalue weighted by atomic mass is 10.1. The van der Waals surface area contributed by atoms with Gasteiger partial charge < -0.3 is 25.4 Å². The Morgan fingerprint density at radius 2 is 1.34 bits per heavy atom. The van der Waals surface area contributed by atoms with E-state index in [9.17, 15) is 18.0 Å². The molecule has 2 amide bonds. The van der Waals surface area contributed by atoms with Crippen LogP contribution >= 0.6 is 0 Å². The molecule has 0 saturated heterocycles. The third kappa shape index (κ3) is 5.55. The first-order valence-electron chi connectivity index (χ1n) is 10.4. The molecule has 180 valence electrons. The SMILES string of the molecule is COc1cc2nccc(Nc3ccc(NC(=O)Nc4ccc(C(F)(F)F)cc4)cc3)c2cc1OC. The Kier molecular flexibility index (Phi) is 6.63. The maximum Gasteiger partial charge on any atom is 0.416 e. The van der Waals surface area contributed by atoms with Crippen molar-refractivity contribution in [3.63, 3.8) is 0 Å². The van der Waals surface area contributed by atoms with E-state index >= 15 is 0 Å². The number of fused-ring (bicyclic) bond motifs is 1. The quantitative estimate of drug-likeness (QED) is 0.286. The first-order chi connectivity index (χ1) is 16.8. The lowest BCUT2D eigenvalue weighted by Gasteiger charge is -2.13. The maximum atomic E-state index is 12.7. The first kappa shape index (κ1) is 23.7. The highest BCUT2D eigenvalue weighted by Gasteiger charge is 2.30. The van der Waals surface area contributed by atoms with Crippen molar-refractivity contribution in [2.45, 2.75) is 6.18 Å². The topological polar surface area (TPSA) is 84.5 Å². The summed E-state index contributed by atoms with van der Waals surface area (Å²) in [6, 6.07) is 16.0. The molecule has 0 aliphatic rings. The van der Waals surface area contributed by atoms with Gasteiger partial charge in [0.2, 0.25) is 0 Å². The molecule has 0 aliphatic carbocycles. The minimum absolute atomic E-state index is 0.241. The van der Waals surface area contributed by atoms with Crippen LogP contribution in [0.1, 0.15) is 5.56 Å². The van der Waals surface area contributed by atoms with Crippen molar-refractivity contribution in [2.24, 2.45) is 0 Å². The van der Waals surface area contributed by atoms with E-state index in [1.165, 1.54) is 12.1 Å². The molecule has 3 N–H and O–H groups in total. The minimum atomic E-state index is -4.43. The van der Waals surface area contributed by atoms with Gasteiger partial charge in [0, 0.05) is 40.4 Å². The lowest BCUT2D eigenvalue weighted by Crippen LogP contribution is -2.19. The van der Waals surface area contributed by atoms with Gasteiger partial charge >= 0.3 is 12.2 Å². The molecule has 3 aromatic carbocycles. The van der Waals surface area contributed by atoms with Gasteiger partial charge in [-0.15, -0.1) is 0 Å². The van der Waals surface area contributed by atoms with Crippen molar-refractivity contribution < 1.29 is 27.4 Å². The molecule has 4 aromatic rings. The molecule has 0 spiro atoms. The number of carbonyl (C=O) groups excluding carboxylic acids is 1. The fraction of sp³-hybridized carbons (Fsp3) is 0.120. The number of benzene rings is 3. The van der Waals surface area contributed by atoms with E-state index < -0.39 is 17.8 Å². The molecular weight excluding hydrogens is 461 g/mol. The number of carbonyl (C=O) groups is 1. The summed E-state index contributed by atoms with van der Waals surface area (Å²) < 4.78 is 48.7. The van der Waals surface area contributed by atoms with Gasteiger partial charge in [0.25, 0.3) is 0 Å². The van der Waals surface area contributed by atoms with E-state index in [0.717, 1.165) is 34.4 Å². The van der Waals surface area contributed by atoms with Gasteiger partial charge in [0.15, 0.2) is 11.5 Å². The molecule has 0 unspecified atom stereocenters. The van der Waals surface area contributed by atoms with Crippen molar-refractivity contribution in [3.8, 4) is 11.5 Å². The monoisotopic (exact) mass is 482 g/mol. The van der Waals surface area contributed by atoms with Gasteiger partial charge in [-0.3, -0.25) is 4.98 Å². The predicted molar refractivity (Wildman–Crippen MR) is 129 cm³/mol. The molecule has 0 saturated carbocycles. The van der Waals surface area contributed by atoms with E-state index in [2.05, 4.69) is 20.9 Å². The number of alkyl halides is 3. The zero-order valence-electron chi connectivity index (χ0n) is 18.7. The Hall–Kier alpha value is -4.47. The Balaban J connectivity index is 1.43. The van der Waals surface area contributed by atoms with Crippen LogP contribution in [0.3, 0.4) is 0 Å². The lowest BCUT2D eigenvalue weighted by molar-refractivity contribution is -0.137. The van der Waals surface area contributed by atoms with Crippen molar-refractivity contribution in [1.29, 1.82) is 0 Å². The van der Waals surface area contributed by atoms with Crippen LogP contribution in [0.5, 0.6) is 11.5 Å². The molecule has 10 heteroatoms. The summed E-state index contributed by atoms with van der Waals surface area (Å²) in [5.74, 6) is 1.16. The minimum Gasteiger partial charge on any atom is -0.493 e. The number of pyridine rings is 1. The molecule has 0 atom stereocenters. The first-order valence-corrected chi connectivity index (χ1v) is 10.4. The molecule has 0 fully saturated rings. The Bertz CT molecular complexity index is 1340. The summed E-state index contributed by atoms with van der Waals surface area (Å²) in [7, 11) is 3.12. The zero-order chi connectivity index (χ0) is 25.0. The van der Waals surface area contributed by atoms with Crippen LogP contribution in [0, 0.1) is 0 Å². The highest BCUT2D eigenvalue weighted by Crippen LogP contribution is 2.35. The summed E-state index contributed by atoms with van der Waals surface area (Å²) >= 11 is 0.